The van der Waals surface area contributed by atoms with Gasteiger partial charge in [-0.2, -0.15) is 0 Å². The van der Waals surface area contributed by atoms with E-state index in [-0.39, 0.29) is 18.5 Å². The monoisotopic (exact) mass is 1180 g/mol. The van der Waals surface area contributed by atoms with E-state index in [9.17, 15) is 19.8 Å². The molecule has 0 aliphatic rings. The first-order valence-corrected chi connectivity index (χ1v) is 37.9. The average Bonchev–Trinajstić information content (AvgIpc) is 3.51. The molecule has 0 aliphatic carbocycles. The van der Waals surface area contributed by atoms with E-state index >= 15 is 0 Å². The van der Waals surface area contributed by atoms with Crippen LogP contribution in [0.5, 0.6) is 0 Å². The fraction of sp³-hybridized carbons (Fsp3) is 0.872. The van der Waals surface area contributed by atoms with Crippen LogP contribution in [0.25, 0.3) is 0 Å². The highest BCUT2D eigenvalue weighted by atomic mass is 16.5. The van der Waals surface area contributed by atoms with Crippen molar-refractivity contribution >= 4 is 11.9 Å². The quantitative estimate of drug-likeness (QED) is 0.0320. The summed E-state index contributed by atoms with van der Waals surface area (Å²) in [5.41, 5.74) is 0. The fourth-order valence-electron chi connectivity index (χ4n) is 11.8. The number of hydrogen-bond acceptors (Lipinski definition) is 5. The summed E-state index contributed by atoms with van der Waals surface area (Å²) in [7, 11) is 0. The SMILES string of the molecule is CCC/C=C\C/C=C\CCCCCCCC(=O)OCCCCCCCCCCC/C=C\C/C=C\CCCCCCCCCCCCCCCC(=O)NC(CO)C(O)CCCCCCCCCCCCCCCCCCCCCCCCCCC. The van der Waals surface area contributed by atoms with Gasteiger partial charge < -0.3 is 20.3 Å². The molecule has 0 fully saturated rings. The smallest absolute Gasteiger partial charge is 0.305 e. The van der Waals surface area contributed by atoms with Gasteiger partial charge in [0, 0.05) is 12.8 Å². The molecular formula is C78H147NO5. The van der Waals surface area contributed by atoms with Crippen LogP contribution in [-0.2, 0) is 14.3 Å². The van der Waals surface area contributed by atoms with Crippen LogP contribution in [0.1, 0.15) is 412 Å². The number of aliphatic hydroxyl groups excluding tert-OH is 2. The number of amides is 1. The Bertz CT molecular complexity index is 1400. The van der Waals surface area contributed by atoms with E-state index in [4.69, 9.17) is 4.74 Å². The predicted octanol–water partition coefficient (Wildman–Crippen LogP) is 24.8. The van der Waals surface area contributed by atoms with Crippen LogP contribution >= 0.6 is 0 Å². The third-order valence-electron chi connectivity index (χ3n) is 17.6. The van der Waals surface area contributed by atoms with E-state index in [1.807, 2.05) is 0 Å². The lowest BCUT2D eigenvalue weighted by Crippen LogP contribution is -2.45. The summed E-state index contributed by atoms with van der Waals surface area (Å²) in [5.74, 6) is -0.0345. The van der Waals surface area contributed by atoms with Gasteiger partial charge in [-0.3, -0.25) is 9.59 Å². The first kappa shape index (κ1) is 81.8. The van der Waals surface area contributed by atoms with Crippen LogP contribution in [0.15, 0.2) is 48.6 Å². The zero-order valence-corrected chi connectivity index (χ0v) is 56.6. The zero-order chi connectivity index (χ0) is 60.6. The molecule has 0 aliphatic heterocycles. The summed E-state index contributed by atoms with van der Waals surface area (Å²) in [5, 5.41) is 23.5. The van der Waals surface area contributed by atoms with Crippen molar-refractivity contribution in [2.45, 2.75) is 424 Å². The molecule has 0 saturated carbocycles. The number of nitrogens with one attached hydrogen (secondary N) is 1. The maximum absolute atomic E-state index is 12.6. The largest absolute Gasteiger partial charge is 0.466 e. The molecule has 0 radical (unpaired) electrons. The molecule has 6 nitrogen and oxygen atoms in total. The summed E-state index contributed by atoms with van der Waals surface area (Å²) in [6.07, 6.45) is 96.1. The highest BCUT2D eigenvalue weighted by Gasteiger charge is 2.20. The van der Waals surface area contributed by atoms with E-state index in [2.05, 4.69) is 67.8 Å². The third kappa shape index (κ3) is 68.9. The molecule has 0 spiro atoms. The number of ether oxygens (including phenoxy) is 1. The second kappa shape index (κ2) is 73.3. The summed E-state index contributed by atoms with van der Waals surface area (Å²) >= 11 is 0. The van der Waals surface area contributed by atoms with Crippen LogP contribution in [0.3, 0.4) is 0 Å². The lowest BCUT2D eigenvalue weighted by Gasteiger charge is -2.22. The number of rotatable bonds is 71. The number of carbonyl (C=O) groups is 2. The third-order valence-corrected chi connectivity index (χ3v) is 17.6. The molecule has 0 aromatic heterocycles. The van der Waals surface area contributed by atoms with Crippen molar-refractivity contribution in [2.24, 2.45) is 0 Å². The maximum Gasteiger partial charge on any atom is 0.305 e. The van der Waals surface area contributed by atoms with Crippen LogP contribution in [-0.4, -0.2) is 47.4 Å². The van der Waals surface area contributed by atoms with Crippen LogP contribution in [0.4, 0.5) is 0 Å². The van der Waals surface area contributed by atoms with E-state index in [1.165, 1.54) is 321 Å². The van der Waals surface area contributed by atoms with Crippen molar-refractivity contribution in [3.05, 3.63) is 48.6 Å². The second-order valence-electron chi connectivity index (χ2n) is 26.0. The van der Waals surface area contributed by atoms with Crippen LogP contribution in [0.2, 0.25) is 0 Å². The summed E-state index contributed by atoms with van der Waals surface area (Å²) in [6, 6.07) is -0.545. The van der Waals surface area contributed by atoms with Crippen LogP contribution < -0.4 is 5.32 Å². The molecule has 0 aromatic carbocycles. The van der Waals surface area contributed by atoms with Crippen LogP contribution in [0, 0.1) is 0 Å². The van der Waals surface area contributed by atoms with E-state index in [0.29, 0.717) is 25.9 Å². The Labute approximate surface area is 525 Å². The summed E-state index contributed by atoms with van der Waals surface area (Å²) < 4.78 is 5.47. The molecular weight excluding hydrogens is 1030 g/mol. The van der Waals surface area contributed by atoms with Gasteiger partial charge in [-0.05, 0) is 83.5 Å². The lowest BCUT2D eigenvalue weighted by molar-refractivity contribution is -0.143. The summed E-state index contributed by atoms with van der Waals surface area (Å²) in [6.45, 7) is 4.92. The van der Waals surface area contributed by atoms with Crippen molar-refractivity contribution < 1.29 is 24.5 Å². The van der Waals surface area contributed by atoms with Crippen molar-refractivity contribution in [1.29, 1.82) is 0 Å². The molecule has 0 heterocycles. The number of hydrogen-bond donors (Lipinski definition) is 3. The fourth-order valence-corrected chi connectivity index (χ4v) is 11.8. The van der Waals surface area contributed by atoms with Gasteiger partial charge in [0.1, 0.15) is 0 Å². The Morgan fingerprint density at radius 1 is 0.333 bits per heavy atom. The molecule has 0 bridgehead atoms. The number of esters is 1. The number of unbranched alkanes of at least 4 members (excludes halogenated alkanes) is 52. The van der Waals surface area contributed by atoms with Gasteiger partial charge in [0.25, 0.3) is 0 Å². The average molecular weight is 1180 g/mol. The Morgan fingerprint density at radius 3 is 0.952 bits per heavy atom. The number of carbonyl (C=O) groups excluding carboxylic acids is 2. The highest BCUT2D eigenvalue weighted by Crippen LogP contribution is 2.19. The molecule has 6 heteroatoms. The van der Waals surface area contributed by atoms with Crippen molar-refractivity contribution in [2.75, 3.05) is 13.2 Å². The van der Waals surface area contributed by atoms with Crippen molar-refractivity contribution in [3.63, 3.8) is 0 Å². The Morgan fingerprint density at radius 2 is 0.619 bits per heavy atom. The Kier molecular flexibility index (Phi) is 71.4. The van der Waals surface area contributed by atoms with Gasteiger partial charge in [-0.1, -0.05) is 364 Å². The van der Waals surface area contributed by atoms with Gasteiger partial charge in [0.05, 0.1) is 25.4 Å². The topological polar surface area (TPSA) is 95.9 Å². The second-order valence-corrected chi connectivity index (χ2v) is 26.0. The van der Waals surface area contributed by atoms with Gasteiger partial charge in [0.15, 0.2) is 0 Å². The molecule has 0 aromatic rings. The number of aliphatic hydroxyl groups is 2. The molecule has 84 heavy (non-hydrogen) atoms. The normalized spacial score (nSPS) is 12.8. The van der Waals surface area contributed by atoms with Gasteiger partial charge >= 0.3 is 5.97 Å². The molecule has 2 atom stereocenters. The van der Waals surface area contributed by atoms with Gasteiger partial charge in [0.2, 0.25) is 5.91 Å². The molecule has 2 unspecified atom stereocenters. The van der Waals surface area contributed by atoms with E-state index < -0.39 is 12.1 Å². The molecule has 3 N–H and O–H groups in total. The highest BCUT2D eigenvalue weighted by molar-refractivity contribution is 5.76. The Balaban J connectivity index is 3.41. The van der Waals surface area contributed by atoms with Crippen molar-refractivity contribution in [1.82, 2.24) is 5.32 Å². The minimum atomic E-state index is -0.668. The number of allylic oxidation sites excluding steroid dienone is 8. The van der Waals surface area contributed by atoms with Gasteiger partial charge in [-0.15, -0.1) is 0 Å². The Hall–Kier alpha value is -2.18. The van der Waals surface area contributed by atoms with Crippen molar-refractivity contribution in [3.8, 4) is 0 Å². The first-order valence-electron chi connectivity index (χ1n) is 37.9. The first-order chi connectivity index (χ1) is 41.5. The van der Waals surface area contributed by atoms with Gasteiger partial charge in [-0.25, -0.2) is 0 Å². The summed E-state index contributed by atoms with van der Waals surface area (Å²) in [4.78, 5) is 24.6. The lowest BCUT2D eigenvalue weighted by atomic mass is 10.0. The standard InChI is InChI=1S/C78H147NO5/c1-3-5-7-9-11-13-15-17-18-19-20-21-22-28-31-34-37-40-43-47-50-54-58-62-66-70-76(81)75(74-80)79-77(82)71-67-63-59-55-51-48-44-41-38-35-32-29-26-24-23-25-27-30-33-36-39-42-45-49-53-57-61-65-69-73-84-78(83)72-68-64-60-56-52-46-16-14-12-10-8-6-4-2/h8,10,14,16,23,25,30,33,75-76,80-81H,3-7,9,11-13,15,17-22,24,26-29,31-32,34-74H2,1-2H3,(H,79,82)/b10-8-,16-14-,25-23-,33-30-. The molecule has 0 saturated heterocycles. The van der Waals surface area contributed by atoms with E-state index in [0.717, 1.165) is 57.8 Å². The minimum absolute atomic E-state index is 0.00304. The van der Waals surface area contributed by atoms with E-state index in [1.54, 1.807) is 0 Å². The molecule has 494 valence electrons. The minimum Gasteiger partial charge on any atom is -0.466 e. The molecule has 0 rings (SSSR count). The zero-order valence-electron chi connectivity index (χ0n) is 56.6. The molecule has 1 amide bonds. The predicted molar refractivity (Wildman–Crippen MR) is 370 cm³/mol. The maximum atomic E-state index is 12.6.